The third-order valence-corrected chi connectivity index (χ3v) is 5.88. The molecule has 154 valence electrons. The molecule has 31 heavy (non-hydrogen) atoms. The second-order valence-electron chi connectivity index (χ2n) is 6.83. The number of nitrogens with zero attached hydrogens (tertiary/aromatic N) is 5. The molecule has 7 nitrogen and oxygen atoms in total. The van der Waals surface area contributed by atoms with Crippen molar-refractivity contribution in [2.24, 2.45) is 0 Å². The van der Waals surface area contributed by atoms with E-state index in [4.69, 9.17) is 9.40 Å². The highest BCUT2D eigenvalue weighted by Gasteiger charge is 2.20. The van der Waals surface area contributed by atoms with Crippen LogP contribution in [-0.2, 0) is 4.79 Å². The number of benzene rings is 2. The number of hydrogen-bond donors (Lipinski definition) is 0. The minimum Gasteiger partial charge on any atom is -0.461 e. The van der Waals surface area contributed by atoms with Gasteiger partial charge in [0.2, 0.25) is 5.91 Å². The van der Waals surface area contributed by atoms with Gasteiger partial charge in [0.05, 0.1) is 17.5 Å². The minimum atomic E-state index is 0.00347. The molecule has 0 saturated carbocycles. The number of amides is 1. The fourth-order valence-electron chi connectivity index (χ4n) is 3.54. The van der Waals surface area contributed by atoms with E-state index in [-0.39, 0.29) is 11.7 Å². The van der Waals surface area contributed by atoms with Gasteiger partial charge in [0.25, 0.3) is 0 Å². The second-order valence-corrected chi connectivity index (χ2v) is 7.78. The van der Waals surface area contributed by atoms with Crippen molar-refractivity contribution < 1.29 is 9.21 Å². The van der Waals surface area contributed by atoms with Crippen LogP contribution >= 0.6 is 11.8 Å². The Morgan fingerprint density at radius 3 is 2.61 bits per heavy atom. The molecule has 0 N–H and O–H groups in total. The van der Waals surface area contributed by atoms with Gasteiger partial charge in [-0.15, -0.1) is 10.2 Å². The lowest BCUT2D eigenvalue weighted by Gasteiger charge is -2.20. The lowest BCUT2D eigenvalue weighted by molar-refractivity contribution is -0.116. The molecule has 5 aromatic rings. The summed E-state index contributed by atoms with van der Waals surface area (Å²) in [7, 11) is 0. The van der Waals surface area contributed by atoms with Gasteiger partial charge in [0.15, 0.2) is 22.4 Å². The summed E-state index contributed by atoms with van der Waals surface area (Å²) >= 11 is 1.34. The SMILES string of the molecule is CCN(C(=O)CSc1nnc2c3ccccc3nc(-c3ccco3)n12)c1ccccc1. The Hall–Kier alpha value is -3.65. The standard InChI is InChI=1S/C23H19N5O2S/c1-2-27(16-9-4-3-5-10-16)20(29)15-31-23-26-25-21-17-11-6-7-12-18(17)24-22(28(21)23)19-13-8-14-30-19/h3-14H,2,15H2,1H3. The quantitative estimate of drug-likeness (QED) is 0.365. The fraction of sp³-hybridized carbons (Fsp3) is 0.130. The molecule has 0 aliphatic carbocycles. The lowest BCUT2D eigenvalue weighted by Crippen LogP contribution is -2.32. The third-order valence-electron chi connectivity index (χ3n) is 4.97. The second kappa shape index (κ2) is 8.23. The molecule has 5 rings (SSSR count). The number of aromatic nitrogens is 4. The van der Waals surface area contributed by atoms with Crippen LogP contribution < -0.4 is 4.90 Å². The molecule has 0 aliphatic rings. The first-order valence-corrected chi connectivity index (χ1v) is 10.9. The van der Waals surface area contributed by atoms with E-state index in [1.165, 1.54) is 11.8 Å². The van der Waals surface area contributed by atoms with Crippen molar-refractivity contribution in [3.05, 3.63) is 73.0 Å². The number of anilines is 1. The highest BCUT2D eigenvalue weighted by molar-refractivity contribution is 7.99. The zero-order valence-corrected chi connectivity index (χ0v) is 17.6. The Labute approximate surface area is 182 Å². The van der Waals surface area contributed by atoms with Crippen LogP contribution in [0.3, 0.4) is 0 Å². The molecule has 0 unspecified atom stereocenters. The molecule has 0 spiro atoms. The first kappa shape index (κ1) is 19.3. The average molecular weight is 430 g/mol. The molecule has 0 bridgehead atoms. The van der Waals surface area contributed by atoms with E-state index in [0.717, 1.165) is 16.6 Å². The Morgan fingerprint density at radius 1 is 1.03 bits per heavy atom. The largest absolute Gasteiger partial charge is 0.461 e. The molecule has 0 aliphatic heterocycles. The molecule has 0 fully saturated rings. The molecular weight excluding hydrogens is 410 g/mol. The number of carbonyl (C=O) groups is 1. The summed E-state index contributed by atoms with van der Waals surface area (Å²) in [5.41, 5.74) is 2.37. The molecule has 8 heteroatoms. The fourth-order valence-corrected chi connectivity index (χ4v) is 4.35. The Balaban J connectivity index is 1.52. The molecule has 3 aromatic heterocycles. The number of rotatable bonds is 6. The maximum Gasteiger partial charge on any atom is 0.237 e. The van der Waals surface area contributed by atoms with Gasteiger partial charge in [-0.3, -0.25) is 9.20 Å². The predicted molar refractivity (Wildman–Crippen MR) is 121 cm³/mol. The predicted octanol–water partition coefficient (Wildman–Crippen LogP) is 4.68. The van der Waals surface area contributed by atoms with E-state index in [1.807, 2.05) is 78.1 Å². The van der Waals surface area contributed by atoms with Crippen LogP contribution in [0, 0.1) is 0 Å². The Morgan fingerprint density at radius 2 is 1.84 bits per heavy atom. The monoisotopic (exact) mass is 429 g/mol. The van der Waals surface area contributed by atoms with Crippen LogP contribution in [0.25, 0.3) is 28.1 Å². The normalized spacial score (nSPS) is 11.3. The number of thioether (sulfide) groups is 1. The van der Waals surface area contributed by atoms with E-state index >= 15 is 0 Å². The van der Waals surface area contributed by atoms with Gasteiger partial charge in [-0.1, -0.05) is 42.1 Å². The van der Waals surface area contributed by atoms with Crippen molar-refractivity contribution in [2.45, 2.75) is 12.1 Å². The van der Waals surface area contributed by atoms with Crippen molar-refractivity contribution in [1.82, 2.24) is 19.6 Å². The van der Waals surface area contributed by atoms with Crippen molar-refractivity contribution in [2.75, 3.05) is 17.2 Å². The smallest absolute Gasteiger partial charge is 0.237 e. The molecular formula is C23H19N5O2S. The van der Waals surface area contributed by atoms with E-state index in [9.17, 15) is 4.79 Å². The summed E-state index contributed by atoms with van der Waals surface area (Å²) in [4.78, 5) is 19.5. The van der Waals surface area contributed by atoms with Gasteiger partial charge in [-0.05, 0) is 43.3 Å². The summed E-state index contributed by atoms with van der Waals surface area (Å²) in [6.07, 6.45) is 1.61. The minimum absolute atomic E-state index is 0.00347. The lowest BCUT2D eigenvalue weighted by atomic mass is 10.2. The molecule has 0 atom stereocenters. The van der Waals surface area contributed by atoms with Crippen LogP contribution in [0.15, 0.2) is 82.6 Å². The first-order chi connectivity index (χ1) is 15.3. The van der Waals surface area contributed by atoms with E-state index < -0.39 is 0 Å². The van der Waals surface area contributed by atoms with Crippen molar-refractivity contribution in [3.8, 4) is 11.6 Å². The Kier molecular flexibility index (Phi) is 5.13. The van der Waals surface area contributed by atoms with Gasteiger partial charge in [0, 0.05) is 17.6 Å². The Bertz CT molecular complexity index is 1350. The van der Waals surface area contributed by atoms with Crippen LogP contribution in [0.1, 0.15) is 6.92 Å². The maximum absolute atomic E-state index is 12.9. The van der Waals surface area contributed by atoms with Crippen LogP contribution in [0.4, 0.5) is 5.69 Å². The first-order valence-electron chi connectivity index (χ1n) is 9.92. The summed E-state index contributed by atoms with van der Waals surface area (Å²) in [6.45, 7) is 2.56. The van der Waals surface area contributed by atoms with E-state index in [1.54, 1.807) is 11.2 Å². The van der Waals surface area contributed by atoms with Crippen molar-refractivity contribution in [1.29, 1.82) is 0 Å². The summed E-state index contributed by atoms with van der Waals surface area (Å²) in [5.74, 6) is 1.45. The highest BCUT2D eigenvalue weighted by atomic mass is 32.2. The zero-order chi connectivity index (χ0) is 21.2. The van der Waals surface area contributed by atoms with E-state index in [0.29, 0.717) is 28.9 Å². The van der Waals surface area contributed by atoms with Gasteiger partial charge in [-0.2, -0.15) is 0 Å². The van der Waals surface area contributed by atoms with Crippen LogP contribution in [0.5, 0.6) is 0 Å². The van der Waals surface area contributed by atoms with Crippen LogP contribution in [0.2, 0.25) is 0 Å². The molecule has 0 radical (unpaired) electrons. The summed E-state index contributed by atoms with van der Waals surface area (Å²) in [5, 5.41) is 10.3. The van der Waals surface area contributed by atoms with Gasteiger partial charge in [-0.25, -0.2) is 4.98 Å². The van der Waals surface area contributed by atoms with Crippen molar-refractivity contribution >= 4 is 39.9 Å². The molecule has 1 amide bonds. The third kappa shape index (κ3) is 3.55. The number of carbonyl (C=O) groups excluding carboxylic acids is 1. The zero-order valence-electron chi connectivity index (χ0n) is 16.8. The number of hydrogen-bond acceptors (Lipinski definition) is 6. The van der Waals surface area contributed by atoms with E-state index in [2.05, 4.69) is 10.2 Å². The number of furan rings is 1. The van der Waals surface area contributed by atoms with Gasteiger partial charge >= 0.3 is 0 Å². The molecule has 0 saturated heterocycles. The molecule has 3 heterocycles. The van der Waals surface area contributed by atoms with Gasteiger partial charge < -0.3 is 9.32 Å². The maximum atomic E-state index is 12.9. The van der Waals surface area contributed by atoms with Crippen molar-refractivity contribution in [3.63, 3.8) is 0 Å². The molecule has 2 aromatic carbocycles. The van der Waals surface area contributed by atoms with Crippen LogP contribution in [-0.4, -0.2) is 37.8 Å². The summed E-state index contributed by atoms with van der Waals surface area (Å²) < 4.78 is 7.48. The number of fused-ring (bicyclic) bond motifs is 3. The summed E-state index contributed by atoms with van der Waals surface area (Å²) in [6, 6.07) is 21.1. The topological polar surface area (TPSA) is 76.5 Å². The average Bonchev–Trinajstić information content (AvgIpc) is 3.49. The number of para-hydroxylation sites is 2. The van der Waals surface area contributed by atoms with Gasteiger partial charge in [0.1, 0.15) is 0 Å². The highest BCUT2D eigenvalue weighted by Crippen LogP contribution is 2.29.